The Hall–Kier alpha value is -1.62. The molecule has 1 N–H and O–H groups in total. The summed E-state index contributed by atoms with van der Waals surface area (Å²) in [5, 5.41) is 20.3. The molecule has 2 atom stereocenters. The maximum absolute atomic E-state index is 10.8. The molecule has 1 aromatic rings. The van der Waals surface area contributed by atoms with E-state index in [1.54, 1.807) is 19.9 Å². The van der Waals surface area contributed by atoms with Crippen LogP contribution in [0.15, 0.2) is 18.2 Å². The zero-order valence-corrected chi connectivity index (χ0v) is 9.51. The van der Waals surface area contributed by atoms with E-state index >= 15 is 0 Å². The number of nitro groups is 1. The van der Waals surface area contributed by atoms with Gasteiger partial charge in [-0.1, -0.05) is 6.92 Å². The highest BCUT2D eigenvalue weighted by atomic mass is 16.6. The average Bonchev–Trinajstić information content (AvgIpc) is 2.26. The van der Waals surface area contributed by atoms with E-state index in [9.17, 15) is 15.2 Å². The van der Waals surface area contributed by atoms with Crippen molar-refractivity contribution in [3.8, 4) is 5.75 Å². The highest BCUT2D eigenvalue weighted by Gasteiger charge is 2.22. The molecule has 0 saturated carbocycles. The van der Waals surface area contributed by atoms with Gasteiger partial charge in [-0.15, -0.1) is 0 Å². The molecule has 0 bridgehead atoms. The molecule has 5 heteroatoms. The predicted molar refractivity (Wildman–Crippen MR) is 59.7 cm³/mol. The Morgan fingerprint density at radius 2 is 2.06 bits per heavy atom. The molecule has 1 aromatic carbocycles. The van der Waals surface area contributed by atoms with Crippen LogP contribution in [0.4, 0.5) is 5.69 Å². The summed E-state index contributed by atoms with van der Waals surface area (Å²) in [5.74, 6) is 0.239. The van der Waals surface area contributed by atoms with Crippen LogP contribution in [0.1, 0.15) is 25.3 Å². The van der Waals surface area contributed by atoms with Crippen LogP contribution in [0, 0.1) is 10.1 Å². The van der Waals surface area contributed by atoms with Crippen LogP contribution in [-0.2, 0) is 0 Å². The molecule has 88 valence electrons. The number of nitrogens with zero attached hydrogens (tertiary/aromatic N) is 1. The quantitative estimate of drug-likeness (QED) is 0.629. The van der Waals surface area contributed by atoms with Gasteiger partial charge in [0.2, 0.25) is 0 Å². The first kappa shape index (κ1) is 12.4. The molecule has 0 fully saturated rings. The molecule has 0 radical (unpaired) electrons. The van der Waals surface area contributed by atoms with Crippen LogP contribution >= 0.6 is 0 Å². The summed E-state index contributed by atoms with van der Waals surface area (Å²) in [6, 6.07) is 4.53. The molecule has 0 aromatic heterocycles. The number of aliphatic hydroxyl groups excluding tert-OH is 1. The Bertz CT molecular complexity index is 390. The molecule has 2 unspecified atom stereocenters. The van der Waals surface area contributed by atoms with Crippen molar-refractivity contribution in [2.75, 3.05) is 7.11 Å². The van der Waals surface area contributed by atoms with Crippen LogP contribution in [0.5, 0.6) is 5.75 Å². The maximum Gasteiger partial charge on any atom is 0.273 e. The van der Waals surface area contributed by atoms with Crippen molar-refractivity contribution in [1.29, 1.82) is 0 Å². The summed E-state index contributed by atoms with van der Waals surface area (Å²) in [6.45, 7) is 3.35. The molecular formula is C11H15NO4. The molecular weight excluding hydrogens is 210 g/mol. The fourth-order valence-electron chi connectivity index (χ4n) is 1.45. The third kappa shape index (κ3) is 2.49. The topological polar surface area (TPSA) is 72.6 Å². The lowest BCUT2D eigenvalue weighted by atomic mass is 9.94. The van der Waals surface area contributed by atoms with E-state index in [0.717, 1.165) is 0 Å². The van der Waals surface area contributed by atoms with Crippen LogP contribution in [0.25, 0.3) is 0 Å². The van der Waals surface area contributed by atoms with Crippen molar-refractivity contribution in [1.82, 2.24) is 0 Å². The van der Waals surface area contributed by atoms with Crippen molar-refractivity contribution in [3.05, 3.63) is 33.9 Å². The van der Waals surface area contributed by atoms with Gasteiger partial charge in [0.15, 0.2) is 0 Å². The van der Waals surface area contributed by atoms with Gasteiger partial charge in [0.1, 0.15) is 5.75 Å². The molecule has 0 amide bonds. The summed E-state index contributed by atoms with van der Waals surface area (Å²) < 4.78 is 5.02. The lowest BCUT2D eigenvalue weighted by Gasteiger charge is -2.15. The molecule has 16 heavy (non-hydrogen) atoms. The molecule has 0 aliphatic rings. The highest BCUT2D eigenvalue weighted by Crippen LogP contribution is 2.31. The minimum absolute atomic E-state index is 0.00852. The second-order valence-corrected chi connectivity index (χ2v) is 3.71. The third-order valence-corrected chi connectivity index (χ3v) is 2.65. The number of rotatable bonds is 4. The molecule has 5 nitrogen and oxygen atoms in total. The Morgan fingerprint density at radius 3 is 2.50 bits per heavy atom. The fourth-order valence-corrected chi connectivity index (χ4v) is 1.45. The van der Waals surface area contributed by atoms with Gasteiger partial charge in [-0.2, -0.15) is 0 Å². The SMILES string of the molecule is COc1ccc([N+](=O)[O-])c(C(C)C(C)O)c1. The van der Waals surface area contributed by atoms with E-state index in [4.69, 9.17) is 4.74 Å². The van der Waals surface area contributed by atoms with Crippen molar-refractivity contribution in [2.24, 2.45) is 0 Å². The number of nitro benzene ring substituents is 1. The predicted octanol–water partition coefficient (Wildman–Crippen LogP) is 2.09. The zero-order valence-electron chi connectivity index (χ0n) is 9.51. The lowest BCUT2D eigenvalue weighted by molar-refractivity contribution is -0.385. The van der Waals surface area contributed by atoms with E-state index in [1.807, 2.05) is 0 Å². The van der Waals surface area contributed by atoms with Gasteiger partial charge in [-0.3, -0.25) is 10.1 Å². The van der Waals surface area contributed by atoms with Crippen LogP contribution in [0.3, 0.4) is 0 Å². The van der Waals surface area contributed by atoms with Gasteiger partial charge in [0.05, 0.1) is 18.1 Å². The van der Waals surface area contributed by atoms with Crippen molar-refractivity contribution < 1.29 is 14.8 Å². The van der Waals surface area contributed by atoms with Crippen molar-refractivity contribution in [3.63, 3.8) is 0 Å². The van der Waals surface area contributed by atoms with E-state index in [0.29, 0.717) is 11.3 Å². The van der Waals surface area contributed by atoms with Gasteiger partial charge in [0, 0.05) is 17.5 Å². The first-order chi connectivity index (χ1) is 7.47. The number of methoxy groups -OCH3 is 1. The highest BCUT2D eigenvalue weighted by molar-refractivity contribution is 5.47. The smallest absolute Gasteiger partial charge is 0.273 e. The Morgan fingerprint density at radius 1 is 1.44 bits per heavy atom. The van der Waals surface area contributed by atoms with Gasteiger partial charge >= 0.3 is 0 Å². The Kier molecular flexibility index (Phi) is 3.84. The Labute approximate surface area is 93.8 Å². The van der Waals surface area contributed by atoms with Crippen molar-refractivity contribution >= 4 is 5.69 Å². The summed E-state index contributed by atoms with van der Waals surface area (Å²) in [4.78, 5) is 10.4. The largest absolute Gasteiger partial charge is 0.497 e. The fraction of sp³-hybridized carbons (Fsp3) is 0.455. The first-order valence-corrected chi connectivity index (χ1v) is 4.97. The lowest BCUT2D eigenvalue weighted by Crippen LogP contribution is -2.12. The summed E-state index contributed by atoms with van der Waals surface area (Å²) in [7, 11) is 1.50. The number of aliphatic hydroxyl groups is 1. The maximum atomic E-state index is 10.8. The molecule has 1 rings (SSSR count). The van der Waals surface area contributed by atoms with Gasteiger partial charge in [-0.25, -0.2) is 0 Å². The molecule has 0 saturated heterocycles. The summed E-state index contributed by atoms with van der Waals surface area (Å²) in [5.41, 5.74) is 0.494. The third-order valence-electron chi connectivity index (χ3n) is 2.65. The number of ether oxygens (including phenoxy) is 1. The molecule has 0 heterocycles. The van der Waals surface area contributed by atoms with Crippen LogP contribution < -0.4 is 4.74 Å². The molecule has 0 aliphatic carbocycles. The molecule has 0 spiro atoms. The Balaban J connectivity index is 3.25. The van der Waals surface area contributed by atoms with Crippen LogP contribution in [-0.4, -0.2) is 23.2 Å². The van der Waals surface area contributed by atoms with Crippen molar-refractivity contribution in [2.45, 2.75) is 25.9 Å². The standard InChI is InChI=1S/C11H15NO4/c1-7(8(2)13)10-6-9(16-3)4-5-11(10)12(14)15/h4-8,13H,1-3H3. The van der Waals surface area contributed by atoms with E-state index in [2.05, 4.69) is 0 Å². The average molecular weight is 225 g/mol. The normalized spacial score (nSPS) is 14.2. The summed E-state index contributed by atoms with van der Waals surface area (Å²) in [6.07, 6.45) is -0.647. The minimum atomic E-state index is -0.647. The zero-order chi connectivity index (χ0) is 12.3. The summed E-state index contributed by atoms with van der Waals surface area (Å²) >= 11 is 0. The number of benzene rings is 1. The minimum Gasteiger partial charge on any atom is -0.497 e. The van der Waals surface area contributed by atoms with Gasteiger partial charge in [-0.05, 0) is 19.1 Å². The first-order valence-electron chi connectivity index (χ1n) is 4.97. The second-order valence-electron chi connectivity index (χ2n) is 3.71. The van der Waals surface area contributed by atoms with Crippen LogP contribution in [0.2, 0.25) is 0 Å². The molecule has 0 aliphatic heterocycles. The van der Waals surface area contributed by atoms with E-state index in [-0.39, 0.29) is 11.6 Å². The van der Waals surface area contributed by atoms with E-state index < -0.39 is 11.0 Å². The number of hydrogen-bond acceptors (Lipinski definition) is 4. The van der Waals surface area contributed by atoms with E-state index in [1.165, 1.54) is 19.2 Å². The second kappa shape index (κ2) is 4.94. The van der Waals surface area contributed by atoms with Gasteiger partial charge < -0.3 is 9.84 Å². The van der Waals surface area contributed by atoms with Gasteiger partial charge in [0.25, 0.3) is 5.69 Å². The number of hydrogen-bond donors (Lipinski definition) is 1. The monoisotopic (exact) mass is 225 g/mol.